The number of nitrogens with two attached hydrogens (primary N) is 1. The van der Waals surface area contributed by atoms with Gasteiger partial charge in [0.1, 0.15) is 12.1 Å². The van der Waals surface area contributed by atoms with E-state index in [9.17, 15) is 9.59 Å². The summed E-state index contributed by atoms with van der Waals surface area (Å²) in [6.45, 7) is 0.536. The maximum atomic E-state index is 12.1. The number of methoxy groups -OCH3 is 1. The van der Waals surface area contributed by atoms with Gasteiger partial charge in [-0.15, -0.1) is 0 Å². The summed E-state index contributed by atoms with van der Waals surface area (Å²) in [5.74, 6) is -1.27. The molecule has 0 aromatic carbocycles. The molecule has 1 fully saturated rings. The number of amides is 1. The number of aliphatic carboxylic acids is 1. The number of carboxylic acid groups (broad SMARTS) is 1. The standard InChI is InChI=1S/C11H20N2O4/c1-17-9(7-12)10(14)13-6-4-2-3-5-8(13)11(15)16/h8-9H,2-7,12H2,1H3,(H,15,16). The third-order valence-electron chi connectivity index (χ3n) is 3.09. The maximum absolute atomic E-state index is 12.1. The largest absolute Gasteiger partial charge is 0.480 e. The van der Waals surface area contributed by atoms with E-state index in [2.05, 4.69) is 0 Å². The van der Waals surface area contributed by atoms with Crippen LogP contribution in [0.3, 0.4) is 0 Å². The Bertz CT molecular complexity index is 279. The molecule has 0 aliphatic carbocycles. The van der Waals surface area contributed by atoms with Crippen LogP contribution < -0.4 is 5.73 Å². The van der Waals surface area contributed by atoms with E-state index in [1.807, 2.05) is 0 Å². The van der Waals surface area contributed by atoms with Crippen molar-refractivity contribution in [2.45, 2.75) is 37.8 Å². The Morgan fingerprint density at radius 1 is 1.47 bits per heavy atom. The van der Waals surface area contributed by atoms with Crippen molar-refractivity contribution in [3.05, 3.63) is 0 Å². The molecule has 0 saturated carbocycles. The van der Waals surface area contributed by atoms with E-state index in [0.29, 0.717) is 13.0 Å². The molecule has 1 heterocycles. The van der Waals surface area contributed by atoms with Crippen LogP contribution in [0.15, 0.2) is 0 Å². The van der Waals surface area contributed by atoms with Crippen molar-refractivity contribution in [2.75, 3.05) is 20.2 Å². The predicted molar refractivity (Wildman–Crippen MR) is 61.5 cm³/mol. The Hall–Kier alpha value is -1.14. The van der Waals surface area contributed by atoms with Crippen LogP contribution in [0.5, 0.6) is 0 Å². The van der Waals surface area contributed by atoms with E-state index in [1.165, 1.54) is 12.0 Å². The van der Waals surface area contributed by atoms with Gasteiger partial charge in [-0.25, -0.2) is 4.79 Å². The summed E-state index contributed by atoms with van der Waals surface area (Å²) in [4.78, 5) is 24.6. The molecular weight excluding hydrogens is 224 g/mol. The minimum absolute atomic E-state index is 0.0676. The Kier molecular flexibility index (Phi) is 5.37. The van der Waals surface area contributed by atoms with Crippen molar-refractivity contribution in [3.63, 3.8) is 0 Å². The first kappa shape index (κ1) is 13.9. The molecule has 6 heteroatoms. The number of hydrogen-bond donors (Lipinski definition) is 2. The van der Waals surface area contributed by atoms with Gasteiger partial charge in [0.25, 0.3) is 5.91 Å². The quantitative estimate of drug-likeness (QED) is 0.715. The highest BCUT2D eigenvalue weighted by molar-refractivity contribution is 5.86. The molecule has 0 aromatic heterocycles. The number of carboxylic acids is 1. The average Bonchev–Trinajstić information content (AvgIpc) is 2.55. The lowest BCUT2D eigenvalue weighted by molar-refractivity contribution is -0.154. The molecule has 2 atom stereocenters. The zero-order valence-corrected chi connectivity index (χ0v) is 10.1. The molecule has 1 aliphatic rings. The maximum Gasteiger partial charge on any atom is 0.326 e. The van der Waals surface area contributed by atoms with E-state index in [-0.39, 0.29) is 12.5 Å². The van der Waals surface area contributed by atoms with Gasteiger partial charge in [-0.3, -0.25) is 4.79 Å². The van der Waals surface area contributed by atoms with E-state index in [0.717, 1.165) is 19.3 Å². The first-order valence-electron chi connectivity index (χ1n) is 5.88. The molecule has 1 amide bonds. The fraction of sp³-hybridized carbons (Fsp3) is 0.818. The molecule has 98 valence electrons. The lowest BCUT2D eigenvalue weighted by Crippen LogP contribution is -2.51. The molecule has 2 unspecified atom stereocenters. The van der Waals surface area contributed by atoms with Gasteiger partial charge in [0.2, 0.25) is 0 Å². The van der Waals surface area contributed by atoms with Crippen LogP contribution in [-0.4, -0.2) is 54.2 Å². The van der Waals surface area contributed by atoms with Crippen LogP contribution in [0, 0.1) is 0 Å². The molecule has 3 N–H and O–H groups in total. The highest BCUT2D eigenvalue weighted by Gasteiger charge is 2.33. The third-order valence-corrected chi connectivity index (χ3v) is 3.09. The normalized spacial score (nSPS) is 22.9. The first-order valence-corrected chi connectivity index (χ1v) is 5.88. The summed E-state index contributed by atoms with van der Waals surface area (Å²) < 4.78 is 4.97. The number of likely N-dealkylation sites (tertiary alicyclic amines) is 1. The topological polar surface area (TPSA) is 92.9 Å². The summed E-state index contributed by atoms with van der Waals surface area (Å²) in [5.41, 5.74) is 5.43. The Balaban J connectivity index is 2.81. The summed E-state index contributed by atoms with van der Waals surface area (Å²) in [6.07, 6.45) is 2.38. The minimum Gasteiger partial charge on any atom is -0.480 e. The van der Waals surface area contributed by atoms with E-state index >= 15 is 0 Å². The van der Waals surface area contributed by atoms with Crippen molar-refractivity contribution in [3.8, 4) is 0 Å². The van der Waals surface area contributed by atoms with Crippen molar-refractivity contribution in [1.29, 1.82) is 0 Å². The van der Waals surface area contributed by atoms with E-state index in [4.69, 9.17) is 15.6 Å². The number of carbonyl (C=O) groups excluding carboxylic acids is 1. The van der Waals surface area contributed by atoms with Crippen molar-refractivity contribution < 1.29 is 19.4 Å². The SMILES string of the molecule is COC(CN)C(=O)N1CCCCCC1C(=O)O. The zero-order valence-electron chi connectivity index (χ0n) is 10.1. The number of hydrogen-bond acceptors (Lipinski definition) is 4. The molecule has 0 spiro atoms. The number of ether oxygens (including phenoxy) is 1. The van der Waals surface area contributed by atoms with Gasteiger partial charge in [-0.2, -0.15) is 0 Å². The molecule has 0 radical (unpaired) electrons. The van der Waals surface area contributed by atoms with Crippen LogP contribution >= 0.6 is 0 Å². The fourth-order valence-electron chi connectivity index (χ4n) is 2.11. The van der Waals surface area contributed by atoms with Crippen LogP contribution in [0.1, 0.15) is 25.7 Å². The first-order chi connectivity index (χ1) is 8.11. The molecule has 17 heavy (non-hydrogen) atoms. The van der Waals surface area contributed by atoms with E-state index in [1.54, 1.807) is 0 Å². The van der Waals surface area contributed by atoms with E-state index < -0.39 is 18.1 Å². The Morgan fingerprint density at radius 3 is 2.71 bits per heavy atom. The van der Waals surface area contributed by atoms with Crippen LogP contribution in [0.2, 0.25) is 0 Å². The monoisotopic (exact) mass is 244 g/mol. The van der Waals surface area contributed by atoms with Gasteiger partial charge < -0.3 is 20.5 Å². The van der Waals surface area contributed by atoms with Crippen LogP contribution in [0.4, 0.5) is 0 Å². The molecule has 0 aromatic rings. The summed E-state index contributed by atoms with van der Waals surface area (Å²) in [5, 5.41) is 9.14. The number of rotatable bonds is 4. The Labute approximate surface area is 101 Å². The molecule has 1 aliphatic heterocycles. The van der Waals surface area contributed by atoms with Crippen LogP contribution in [0.25, 0.3) is 0 Å². The van der Waals surface area contributed by atoms with Gasteiger partial charge in [0.05, 0.1) is 0 Å². The average molecular weight is 244 g/mol. The predicted octanol–water partition coefficient (Wildman–Crippen LogP) is -0.184. The summed E-state index contributed by atoms with van der Waals surface area (Å²) in [6, 6.07) is -0.741. The second-order valence-corrected chi connectivity index (χ2v) is 4.20. The van der Waals surface area contributed by atoms with Gasteiger partial charge in [-0.05, 0) is 12.8 Å². The minimum atomic E-state index is -0.952. The van der Waals surface area contributed by atoms with Gasteiger partial charge >= 0.3 is 5.97 Å². The Morgan fingerprint density at radius 2 is 2.18 bits per heavy atom. The molecule has 1 saturated heterocycles. The van der Waals surface area contributed by atoms with Crippen LogP contribution in [-0.2, 0) is 14.3 Å². The van der Waals surface area contributed by atoms with Gasteiger partial charge in [0, 0.05) is 20.2 Å². The highest BCUT2D eigenvalue weighted by Crippen LogP contribution is 2.18. The number of carbonyl (C=O) groups is 2. The lowest BCUT2D eigenvalue weighted by atomic mass is 10.1. The van der Waals surface area contributed by atoms with Gasteiger partial charge in [0.15, 0.2) is 0 Å². The summed E-state index contributed by atoms with van der Waals surface area (Å²) >= 11 is 0. The smallest absolute Gasteiger partial charge is 0.326 e. The highest BCUT2D eigenvalue weighted by atomic mass is 16.5. The van der Waals surface area contributed by atoms with Crippen molar-refractivity contribution in [2.24, 2.45) is 5.73 Å². The molecule has 6 nitrogen and oxygen atoms in total. The second kappa shape index (κ2) is 6.56. The lowest BCUT2D eigenvalue weighted by Gasteiger charge is -2.29. The molecule has 0 bridgehead atoms. The molecular formula is C11H20N2O4. The molecule has 1 rings (SSSR count). The number of nitrogens with zero attached hydrogens (tertiary/aromatic N) is 1. The zero-order chi connectivity index (χ0) is 12.8. The van der Waals surface area contributed by atoms with Crippen molar-refractivity contribution >= 4 is 11.9 Å². The van der Waals surface area contributed by atoms with Crippen molar-refractivity contribution in [1.82, 2.24) is 4.90 Å². The fourth-order valence-corrected chi connectivity index (χ4v) is 2.11. The second-order valence-electron chi connectivity index (χ2n) is 4.20. The summed E-state index contributed by atoms with van der Waals surface area (Å²) in [7, 11) is 1.41. The third kappa shape index (κ3) is 3.41. The van der Waals surface area contributed by atoms with Gasteiger partial charge in [-0.1, -0.05) is 12.8 Å².